The molecule has 0 heterocycles. The number of aliphatic hydroxyl groups excluding tert-OH is 4. The van der Waals surface area contributed by atoms with E-state index in [1.807, 2.05) is 0 Å². The molecular weight excluding hydrogens is 320 g/mol. The van der Waals surface area contributed by atoms with Gasteiger partial charge in [0.15, 0.2) is 0 Å². The van der Waals surface area contributed by atoms with Crippen LogP contribution >= 0.6 is 0 Å². The first kappa shape index (κ1) is 30.1. The van der Waals surface area contributed by atoms with Gasteiger partial charge in [-0.15, -0.1) is 0 Å². The molecule has 0 aliphatic heterocycles. The highest BCUT2D eigenvalue weighted by molar-refractivity contribution is 5.74. The van der Waals surface area contributed by atoms with Crippen LogP contribution in [0.15, 0.2) is 18.2 Å². The average molecular weight is 352 g/mol. The summed E-state index contributed by atoms with van der Waals surface area (Å²) in [5.74, 6) is -0.979. The van der Waals surface area contributed by atoms with Crippen molar-refractivity contribution >= 4 is 5.97 Å². The molecule has 0 aromatic heterocycles. The first-order valence-electron chi connectivity index (χ1n) is 6.33. The predicted octanol–water partition coefficient (Wildman–Crippen LogP) is 0.711. The van der Waals surface area contributed by atoms with Crippen LogP contribution in [-0.4, -0.2) is 68.1 Å². The second-order valence-corrected chi connectivity index (χ2v) is 4.66. The zero-order chi connectivity index (χ0) is 17.8. The molecule has 0 atom stereocenters. The SMILES string of the molecule is C.C.CC(CO)(CO)C(=O)O.Cc1cc(O)cc(O)c1.OCCO. The number of carboxylic acid groups (broad SMARTS) is 1. The Bertz CT molecular complexity index is 378. The molecule has 0 aliphatic rings. The number of carboxylic acids is 1. The molecule has 0 fully saturated rings. The van der Waals surface area contributed by atoms with Crippen LogP contribution in [0.3, 0.4) is 0 Å². The predicted molar refractivity (Wildman–Crippen MR) is 92.1 cm³/mol. The van der Waals surface area contributed by atoms with Crippen LogP contribution in [0, 0.1) is 12.3 Å². The Labute approximate surface area is 143 Å². The highest BCUT2D eigenvalue weighted by atomic mass is 16.4. The molecule has 144 valence electrons. The Balaban J connectivity index is -0.000000128. The number of aryl methyl sites for hydroxylation is 1. The van der Waals surface area contributed by atoms with E-state index in [-0.39, 0.29) is 39.6 Å². The lowest BCUT2D eigenvalue weighted by Crippen LogP contribution is -2.35. The first-order valence-corrected chi connectivity index (χ1v) is 6.33. The number of benzene rings is 1. The topological polar surface area (TPSA) is 159 Å². The van der Waals surface area contributed by atoms with Gasteiger partial charge in [0.2, 0.25) is 0 Å². The summed E-state index contributed by atoms with van der Waals surface area (Å²) in [6.45, 7) is 1.74. The average Bonchev–Trinajstić information content (AvgIpc) is 2.45. The van der Waals surface area contributed by atoms with Gasteiger partial charge in [-0.05, 0) is 31.5 Å². The summed E-state index contributed by atoms with van der Waals surface area (Å²) in [5, 5.41) is 58.1. The summed E-state index contributed by atoms with van der Waals surface area (Å²) in [7, 11) is 0. The highest BCUT2D eigenvalue weighted by Crippen LogP contribution is 2.18. The van der Waals surface area contributed by atoms with E-state index in [1.165, 1.54) is 13.0 Å². The van der Waals surface area contributed by atoms with Crippen LogP contribution in [0.4, 0.5) is 0 Å². The van der Waals surface area contributed by atoms with E-state index in [4.69, 9.17) is 35.7 Å². The van der Waals surface area contributed by atoms with Gasteiger partial charge in [-0.1, -0.05) is 14.9 Å². The number of carbonyl (C=O) groups is 1. The van der Waals surface area contributed by atoms with E-state index in [1.54, 1.807) is 19.1 Å². The fourth-order valence-corrected chi connectivity index (χ4v) is 0.928. The maximum absolute atomic E-state index is 10.2. The molecule has 1 aromatic carbocycles. The number of aliphatic hydroxyl groups is 4. The number of phenolic OH excluding ortho intramolecular Hbond substituents is 2. The van der Waals surface area contributed by atoms with Crippen LogP contribution in [0.2, 0.25) is 0 Å². The minimum absolute atomic E-state index is 0. The molecule has 1 aromatic rings. The van der Waals surface area contributed by atoms with Gasteiger partial charge in [-0.3, -0.25) is 4.79 Å². The lowest BCUT2D eigenvalue weighted by molar-refractivity contribution is -0.152. The van der Waals surface area contributed by atoms with Gasteiger partial charge in [0.25, 0.3) is 0 Å². The second kappa shape index (κ2) is 16.0. The van der Waals surface area contributed by atoms with Gasteiger partial charge in [0, 0.05) is 6.07 Å². The molecule has 1 rings (SSSR count). The number of aliphatic carboxylic acids is 1. The highest BCUT2D eigenvalue weighted by Gasteiger charge is 2.31. The Morgan fingerprint density at radius 2 is 1.25 bits per heavy atom. The Morgan fingerprint density at radius 1 is 0.917 bits per heavy atom. The van der Waals surface area contributed by atoms with E-state index in [9.17, 15) is 4.79 Å². The first-order chi connectivity index (χ1) is 10.2. The molecule has 0 aliphatic carbocycles. The van der Waals surface area contributed by atoms with Crippen LogP contribution in [0.1, 0.15) is 27.3 Å². The summed E-state index contributed by atoms with van der Waals surface area (Å²) in [6, 6.07) is 4.46. The molecule has 0 saturated heterocycles. The molecule has 0 saturated carbocycles. The summed E-state index contributed by atoms with van der Waals surface area (Å²) in [6.07, 6.45) is 0. The van der Waals surface area contributed by atoms with Gasteiger partial charge in [0.05, 0.1) is 26.4 Å². The third kappa shape index (κ3) is 13.8. The van der Waals surface area contributed by atoms with E-state index in [0.717, 1.165) is 5.56 Å². The standard InChI is InChI=1S/C7H8O2.C5H10O4.C2H6O2.2CH4/c1-5-2-6(8)4-7(9)3-5;1-5(2-6,3-7)4(8)9;3-1-2-4;;/h2-4,8-9H,1H3;6-7H,2-3H2,1H3,(H,8,9);3-4H,1-2H2;2*1H4. The van der Waals surface area contributed by atoms with Crippen molar-refractivity contribution in [1.29, 1.82) is 0 Å². The molecule has 0 amide bonds. The second-order valence-electron chi connectivity index (χ2n) is 4.66. The molecule has 8 heteroatoms. The number of rotatable bonds is 4. The van der Waals surface area contributed by atoms with Gasteiger partial charge in [0.1, 0.15) is 16.9 Å². The van der Waals surface area contributed by atoms with Crippen molar-refractivity contribution in [3.05, 3.63) is 23.8 Å². The van der Waals surface area contributed by atoms with Crippen LogP contribution < -0.4 is 0 Å². The molecule has 0 radical (unpaired) electrons. The quantitative estimate of drug-likeness (QED) is 0.417. The monoisotopic (exact) mass is 352 g/mol. The summed E-state index contributed by atoms with van der Waals surface area (Å²) in [4.78, 5) is 10.2. The van der Waals surface area contributed by atoms with Crippen LogP contribution in [-0.2, 0) is 4.79 Å². The van der Waals surface area contributed by atoms with Crippen molar-refractivity contribution in [2.45, 2.75) is 28.7 Å². The van der Waals surface area contributed by atoms with Gasteiger partial charge >= 0.3 is 5.97 Å². The number of aromatic hydroxyl groups is 2. The van der Waals surface area contributed by atoms with Gasteiger partial charge < -0.3 is 35.7 Å². The molecule has 24 heavy (non-hydrogen) atoms. The molecule has 0 bridgehead atoms. The lowest BCUT2D eigenvalue weighted by Gasteiger charge is -2.17. The molecular formula is C16H32O8. The maximum atomic E-state index is 10.2. The normalized spacial score (nSPS) is 9.08. The summed E-state index contributed by atoms with van der Waals surface area (Å²) < 4.78 is 0. The van der Waals surface area contributed by atoms with Crippen molar-refractivity contribution in [2.75, 3.05) is 26.4 Å². The van der Waals surface area contributed by atoms with E-state index >= 15 is 0 Å². The minimum Gasteiger partial charge on any atom is -0.508 e. The van der Waals surface area contributed by atoms with Crippen LogP contribution in [0.5, 0.6) is 11.5 Å². The minimum atomic E-state index is -1.39. The zero-order valence-electron chi connectivity index (χ0n) is 12.6. The largest absolute Gasteiger partial charge is 0.508 e. The van der Waals surface area contributed by atoms with E-state index in [2.05, 4.69) is 0 Å². The Hall–Kier alpha value is -1.87. The van der Waals surface area contributed by atoms with Crippen molar-refractivity contribution in [3.63, 3.8) is 0 Å². The summed E-state index contributed by atoms with van der Waals surface area (Å²) >= 11 is 0. The van der Waals surface area contributed by atoms with Crippen molar-refractivity contribution in [2.24, 2.45) is 5.41 Å². The smallest absolute Gasteiger partial charge is 0.314 e. The lowest BCUT2D eigenvalue weighted by atomic mass is 9.94. The fraction of sp³-hybridized carbons (Fsp3) is 0.562. The number of phenols is 2. The number of hydrogen-bond donors (Lipinski definition) is 7. The fourth-order valence-electron chi connectivity index (χ4n) is 0.928. The van der Waals surface area contributed by atoms with Crippen molar-refractivity contribution in [1.82, 2.24) is 0 Å². The van der Waals surface area contributed by atoms with Crippen molar-refractivity contribution < 1.29 is 40.5 Å². The van der Waals surface area contributed by atoms with Crippen molar-refractivity contribution in [3.8, 4) is 11.5 Å². The van der Waals surface area contributed by atoms with Crippen LogP contribution in [0.25, 0.3) is 0 Å². The molecule has 8 nitrogen and oxygen atoms in total. The Morgan fingerprint density at radius 3 is 1.38 bits per heavy atom. The van der Waals surface area contributed by atoms with E-state index in [0.29, 0.717) is 0 Å². The Kier molecular flexibility index (Phi) is 20.0. The third-order valence-corrected chi connectivity index (χ3v) is 2.36. The van der Waals surface area contributed by atoms with Gasteiger partial charge in [-0.2, -0.15) is 0 Å². The van der Waals surface area contributed by atoms with Gasteiger partial charge in [-0.25, -0.2) is 0 Å². The third-order valence-electron chi connectivity index (χ3n) is 2.36. The summed E-state index contributed by atoms with van der Waals surface area (Å²) in [5.41, 5.74) is -0.535. The van der Waals surface area contributed by atoms with E-state index < -0.39 is 24.6 Å². The zero-order valence-corrected chi connectivity index (χ0v) is 12.6. The molecule has 0 spiro atoms. The molecule has 7 N–H and O–H groups in total. The number of hydrogen-bond acceptors (Lipinski definition) is 7. The molecule has 0 unspecified atom stereocenters. The maximum Gasteiger partial charge on any atom is 0.314 e.